The fourth-order valence-corrected chi connectivity index (χ4v) is 1.14. The van der Waals surface area contributed by atoms with E-state index < -0.39 is 6.10 Å². The number of nitrogens with one attached hydrogen (secondary N) is 1. The van der Waals surface area contributed by atoms with Crippen molar-refractivity contribution in [1.29, 1.82) is 0 Å². The molecule has 0 saturated heterocycles. The Balaban J connectivity index is 2.63. The van der Waals surface area contributed by atoms with Gasteiger partial charge in [-0.2, -0.15) is 0 Å². The van der Waals surface area contributed by atoms with E-state index in [1.165, 1.54) is 10.6 Å². The third-order valence-electron chi connectivity index (χ3n) is 1.75. The Morgan fingerprint density at radius 3 is 3.00 bits per heavy atom. The number of aromatic nitrogens is 1. The van der Waals surface area contributed by atoms with Crippen LogP contribution < -0.4 is 10.9 Å². The van der Waals surface area contributed by atoms with Gasteiger partial charge in [-0.25, -0.2) is 0 Å². The van der Waals surface area contributed by atoms with Crippen LogP contribution in [-0.4, -0.2) is 29.4 Å². The molecule has 0 amide bonds. The quantitative estimate of drug-likeness (QED) is 0.655. The lowest BCUT2D eigenvalue weighted by Gasteiger charge is -2.11. The molecule has 1 aromatic heterocycles. The first kappa shape index (κ1) is 9.95. The summed E-state index contributed by atoms with van der Waals surface area (Å²) in [6.45, 7) is 0.821. The van der Waals surface area contributed by atoms with Crippen molar-refractivity contribution in [3.05, 3.63) is 34.7 Å². The highest BCUT2D eigenvalue weighted by atomic mass is 16.3. The number of pyridine rings is 1. The minimum absolute atomic E-state index is 0.0855. The smallest absolute Gasteiger partial charge is 0.250 e. The predicted molar refractivity (Wildman–Crippen MR) is 50.6 cm³/mol. The van der Waals surface area contributed by atoms with Gasteiger partial charge in [0.2, 0.25) is 0 Å². The molecule has 1 atom stereocenters. The van der Waals surface area contributed by atoms with Crippen LogP contribution in [0.3, 0.4) is 0 Å². The SMILES string of the molecule is CNCC(O)Cn1ccccc1=O. The first-order chi connectivity index (χ1) is 6.24. The Bertz CT molecular complexity index is 308. The molecule has 72 valence electrons. The largest absolute Gasteiger partial charge is 0.390 e. The van der Waals surface area contributed by atoms with Crippen LogP contribution in [0.2, 0.25) is 0 Å². The second kappa shape index (κ2) is 4.79. The molecule has 1 unspecified atom stereocenters. The molecule has 1 heterocycles. The second-order valence-electron chi connectivity index (χ2n) is 2.90. The Hall–Kier alpha value is -1.13. The van der Waals surface area contributed by atoms with E-state index in [0.29, 0.717) is 13.1 Å². The third kappa shape index (κ3) is 3.01. The molecule has 0 aliphatic heterocycles. The lowest BCUT2D eigenvalue weighted by molar-refractivity contribution is 0.153. The summed E-state index contributed by atoms with van der Waals surface area (Å²) in [7, 11) is 1.76. The van der Waals surface area contributed by atoms with Crippen molar-refractivity contribution in [1.82, 2.24) is 9.88 Å². The lowest BCUT2D eigenvalue weighted by Crippen LogP contribution is -2.31. The molecule has 2 N–H and O–H groups in total. The van der Waals surface area contributed by atoms with E-state index in [4.69, 9.17) is 0 Å². The monoisotopic (exact) mass is 182 g/mol. The Kier molecular flexibility index (Phi) is 3.67. The molecule has 0 radical (unpaired) electrons. The van der Waals surface area contributed by atoms with Crippen LogP contribution in [0.1, 0.15) is 0 Å². The van der Waals surface area contributed by atoms with E-state index in [0.717, 1.165) is 0 Å². The topological polar surface area (TPSA) is 54.3 Å². The first-order valence-corrected chi connectivity index (χ1v) is 4.22. The summed E-state index contributed by atoms with van der Waals surface area (Å²) in [5.41, 5.74) is -0.0855. The molecule has 0 aliphatic rings. The standard InChI is InChI=1S/C9H14N2O2/c1-10-6-8(12)7-11-5-3-2-4-9(11)13/h2-5,8,10,12H,6-7H2,1H3. The third-order valence-corrected chi connectivity index (χ3v) is 1.75. The summed E-state index contributed by atoms with van der Waals surface area (Å²) in [5.74, 6) is 0. The minimum Gasteiger partial charge on any atom is -0.390 e. The van der Waals surface area contributed by atoms with Gasteiger partial charge in [0.1, 0.15) is 0 Å². The van der Waals surface area contributed by atoms with E-state index in [-0.39, 0.29) is 5.56 Å². The zero-order valence-electron chi connectivity index (χ0n) is 7.60. The van der Waals surface area contributed by atoms with Gasteiger partial charge in [-0.15, -0.1) is 0 Å². The molecule has 0 aliphatic carbocycles. The molecular weight excluding hydrogens is 168 g/mol. The minimum atomic E-state index is -0.523. The van der Waals surface area contributed by atoms with Crippen molar-refractivity contribution in [2.45, 2.75) is 12.6 Å². The summed E-state index contributed by atoms with van der Waals surface area (Å²) in [4.78, 5) is 11.2. The zero-order chi connectivity index (χ0) is 9.68. The molecule has 0 fully saturated rings. The number of rotatable bonds is 4. The van der Waals surface area contributed by atoms with E-state index in [1.54, 1.807) is 25.4 Å². The van der Waals surface area contributed by atoms with Gasteiger partial charge in [-0.05, 0) is 13.1 Å². The maximum Gasteiger partial charge on any atom is 0.250 e. The van der Waals surface area contributed by atoms with Crippen molar-refractivity contribution in [2.24, 2.45) is 0 Å². The van der Waals surface area contributed by atoms with Crippen LogP contribution in [-0.2, 0) is 6.54 Å². The summed E-state index contributed by atoms with van der Waals surface area (Å²) >= 11 is 0. The summed E-state index contributed by atoms with van der Waals surface area (Å²) < 4.78 is 1.49. The Morgan fingerprint density at radius 1 is 1.62 bits per heavy atom. The molecule has 1 aromatic rings. The van der Waals surface area contributed by atoms with Gasteiger partial charge in [-0.3, -0.25) is 4.79 Å². The molecular formula is C9H14N2O2. The fourth-order valence-electron chi connectivity index (χ4n) is 1.14. The number of aliphatic hydroxyl groups is 1. The van der Waals surface area contributed by atoms with Crippen molar-refractivity contribution in [3.8, 4) is 0 Å². The van der Waals surface area contributed by atoms with Crippen LogP contribution in [0.5, 0.6) is 0 Å². The van der Waals surface area contributed by atoms with Crippen molar-refractivity contribution < 1.29 is 5.11 Å². The van der Waals surface area contributed by atoms with Crippen LogP contribution >= 0.6 is 0 Å². The average molecular weight is 182 g/mol. The summed E-state index contributed by atoms with van der Waals surface area (Å²) in [5, 5.41) is 12.2. The maximum atomic E-state index is 11.2. The normalized spacial score (nSPS) is 12.8. The number of aliphatic hydroxyl groups excluding tert-OH is 1. The molecule has 1 rings (SSSR count). The van der Waals surface area contributed by atoms with Crippen molar-refractivity contribution >= 4 is 0 Å². The first-order valence-electron chi connectivity index (χ1n) is 4.22. The number of nitrogens with zero attached hydrogens (tertiary/aromatic N) is 1. The Labute approximate surface area is 76.8 Å². The zero-order valence-corrected chi connectivity index (χ0v) is 7.60. The molecule has 0 bridgehead atoms. The molecule has 0 aromatic carbocycles. The Morgan fingerprint density at radius 2 is 2.38 bits per heavy atom. The number of hydrogen-bond donors (Lipinski definition) is 2. The van der Waals surface area contributed by atoms with Gasteiger partial charge in [0.25, 0.3) is 5.56 Å². The van der Waals surface area contributed by atoms with E-state index >= 15 is 0 Å². The van der Waals surface area contributed by atoms with Crippen molar-refractivity contribution in [2.75, 3.05) is 13.6 Å². The van der Waals surface area contributed by atoms with Gasteiger partial charge in [0.15, 0.2) is 0 Å². The molecule has 0 saturated carbocycles. The highest BCUT2D eigenvalue weighted by molar-refractivity contribution is 4.93. The van der Waals surface area contributed by atoms with Crippen LogP contribution in [0.4, 0.5) is 0 Å². The highest BCUT2D eigenvalue weighted by Gasteiger charge is 2.03. The van der Waals surface area contributed by atoms with E-state index in [1.807, 2.05) is 0 Å². The number of likely N-dealkylation sites (N-methyl/N-ethyl adjacent to an activating group) is 1. The fraction of sp³-hybridized carbons (Fsp3) is 0.444. The van der Waals surface area contributed by atoms with Gasteiger partial charge >= 0.3 is 0 Å². The van der Waals surface area contributed by atoms with Gasteiger partial charge in [-0.1, -0.05) is 6.07 Å². The summed E-state index contributed by atoms with van der Waals surface area (Å²) in [6, 6.07) is 4.93. The van der Waals surface area contributed by atoms with Crippen LogP contribution in [0.15, 0.2) is 29.2 Å². The van der Waals surface area contributed by atoms with Crippen molar-refractivity contribution in [3.63, 3.8) is 0 Å². The van der Waals surface area contributed by atoms with Gasteiger partial charge in [0.05, 0.1) is 12.6 Å². The maximum absolute atomic E-state index is 11.2. The van der Waals surface area contributed by atoms with E-state index in [9.17, 15) is 9.90 Å². The van der Waals surface area contributed by atoms with E-state index in [2.05, 4.69) is 5.32 Å². The van der Waals surface area contributed by atoms with Crippen LogP contribution in [0.25, 0.3) is 0 Å². The van der Waals surface area contributed by atoms with Gasteiger partial charge in [0, 0.05) is 18.8 Å². The number of hydrogen-bond acceptors (Lipinski definition) is 3. The molecule has 13 heavy (non-hydrogen) atoms. The van der Waals surface area contributed by atoms with Gasteiger partial charge < -0.3 is 15.0 Å². The molecule has 0 spiro atoms. The summed E-state index contributed by atoms with van der Waals surface area (Å²) in [6.07, 6.45) is 1.14. The average Bonchev–Trinajstić information content (AvgIpc) is 2.09. The second-order valence-corrected chi connectivity index (χ2v) is 2.90. The predicted octanol–water partition coefficient (Wildman–Crippen LogP) is -0.571. The van der Waals surface area contributed by atoms with Crippen LogP contribution in [0, 0.1) is 0 Å². The molecule has 4 nitrogen and oxygen atoms in total. The lowest BCUT2D eigenvalue weighted by atomic mass is 10.3. The highest BCUT2D eigenvalue weighted by Crippen LogP contribution is 1.87. The molecule has 4 heteroatoms.